The summed E-state index contributed by atoms with van der Waals surface area (Å²) in [6, 6.07) is 4.86. The van der Waals surface area contributed by atoms with Gasteiger partial charge >= 0.3 is 0 Å². The lowest BCUT2D eigenvalue weighted by Crippen LogP contribution is -2.04. The Balaban J connectivity index is 2.33. The molecule has 18 heavy (non-hydrogen) atoms. The van der Waals surface area contributed by atoms with Crippen molar-refractivity contribution >= 4 is 5.69 Å². The van der Waals surface area contributed by atoms with Crippen LogP contribution in [0, 0.1) is 17.0 Å². The molecule has 94 valence electrons. The van der Waals surface area contributed by atoms with Crippen molar-refractivity contribution in [1.82, 2.24) is 10.3 Å². The highest BCUT2D eigenvalue weighted by molar-refractivity contribution is 5.61. The Bertz CT molecular complexity index is 578. The molecule has 0 saturated carbocycles. The third kappa shape index (κ3) is 2.38. The van der Waals surface area contributed by atoms with Crippen molar-refractivity contribution < 1.29 is 9.34 Å². The number of nitro benzene ring substituents is 1. The summed E-state index contributed by atoms with van der Waals surface area (Å²) in [7, 11) is 1.81. The highest BCUT2D eigenvalue weighted by Crippen LogP contribution is 2.26. The molecule has 2 aromatic rings. The van der Waals surface area contributed by atoms with Crippen molar-refractivity contribution in [3.63, 3.8) is 0 Å². The molecule has 1 heterocycles. The summed E-state index contributed by atoms with van der Waals surface area (Å²) < 4.78 is 5.52. The van der Waals surface area contributed by atoms with Crippen molar-refractivity contribution in [3.8, 4) is 11.3 Å². The number of aromatic nitrogens is 1. The van der Waals surface area contributed by atoms with Gasteiger partial charge in [-0.2, -0.15) is 0 Å². The number of rotatable bonds is 4. The maximum Gasteiger partial charge on any atom is 0.272 e. The van der Waals surface area contributed by atoms with E-state index in [1.54, 1.807) is 32.3 Å². The first-order valence-corrected chi connectivity index (χ1v) is 5.46. The molecule has 1 aromatic carbocycles. The summed E-state index contributed by atoms with van der Waals surface area (Å²) in [4.78, 5) is 14.4. The van der Waals surface area contributed by atoms with Gasteiger partial charge < -0.3 is 9.73 Å². The second-order valence-corrected chi connectivity index (χ2v) is 3.91. The molecule has 0 atom stereocenters. The minimum absolute atomic E-state index is 0.105. The number of aryl methyl sites for hydroxylation is 1. The third-order valence-electron chi connectivity index (χ3n) is 2.56. The van der Waals surface area contributed by atoms with Crippen LogP contribution in [-0.2, 0) is 6.54 Å². The molecule has 0 aliphatic carbocycles. The van der Waals surface area contributed by atoms with Crippen LogP contribution in [0.15, 0.2) is 28.8 Å². The monoisotopic (exact) mass is 247 g/mol. The van der Waals surface area contributed by atoms with Crippen LogP contribution in [-0.4, -0.2) is 17.0 Å². The van der Waals surface area contributed by atoms with Crippen molar-refractivity contribution in [1.29, 1.82) is 0 Å². The molecule has 0 aliphatic rings. The Morgan fingerprint density at radius 1 is 1.50 bits per heavy atom. The van der Waals surface area contributed by atoms with E-state index < -0.39 is 4.92 Å². The Morgan fingerprint density at radius 3 is 2.89 bits per heavy atom. The van der Waals surface area contributed by atoms with Gasteiger partial charge in [0.05, 0.1) is 17.7 Å². The highest BCUT2D eigenvalue weighted by Gasteiger charge is 2.13. The van der Waals surface area contributed by atoms with Gasteiger partial charge in [0.1, 0.15) is 0 Å². The summed E-state index contributed by atoms with van der Waals surface area (Å²) in [5.41, 5.74) is 1.49. The van der Waals surface area contributed by atoms with Gasteiger partial charge in [-0.3, -0.25) is 10.1 Å². The number of nitro groups is 1. The van der Waals surface area contributed by atoms with E-state index in [0.29, 0.717) is 23.8 Å². The number of nitrogens with zero attached hydrogens (tertiary/aromatic N) is 2. The van der Waals surface area contributed by atoms with Crippen LogP contribution in [0.1, 0.15) is 11.5 Å². The molecule has 0 bridgehead atoms. The first-order chi connectivity index (χ1) is 8.61. The lowest BCUT2D eigenvalue weighted by Gasteiger charge is -2.00. The lowest BCUT2D eigenvalue weighted by atomic mass is 10.1. The highest BCUT2D eigenvalue weighted by atomic mass is 16.6. The van der Waals surface area contributed by atoms with E-state index in [1.165, 1.54) is 6.07 Å². The molecule has 0 aliphatic heterocycles. The Morgan fingerprint density at radius 2 is 2.28 bits per heavy atom. The number of hydrogen-bond donors (Lipinski definition) is 1. The van der Waals surface area contributed by atoms with Gasteiger partial charge in [-0.15, -0.1) is 0 Å². The molecule has 0 unspecified atom stereocenters. The Labute approximate surface area is 104 Å². The van der Waals surface area contributed by atoms with E-state index in [0.717, 1.165) is 5.56 Å². The van der Waals surface area contributed by atoms with E-state index in [2.05, 4.69) is 10.3 Å². The average Bonchev–Trinajstić information content (AvgIpc) is 2.77. The predicted molar refractivity (Wildman–Crippen MR) is 66.1 cm³/mol. The second-order valence-electron chi connectivity index (χ2n) is 3.91. The van der Waals surface area contributed by atoms with Crippen LogP contribution in [0.5, 0.6) is 0 Å². The van der Waals surface area contributed by atoms with E-state index in [-0.39, 0.29) is 5.69 Å². The minimum atomic E-state index is -0.397. The molecule has 0 amide bonds. The van der Waals surface area contributed by atoms with Gasteiger partial charge in [-0.1, -0.05) is 0 Å². The largest absolute Gasteiger partial charge is 0.439 e. The second kappa shape index (κ2) is 4.97. The smallest absolute Gasteiger partial charge is 0.272 e. The standard InChI is InChI=1S/C12H13N3O3/c1-8-5-9(3-4-10(8)15(16)17)11-6-14-12(18-11)7-13-2/h3-6,13H,7H2,1-2H3. The molecule has 1 N–H and O–H groups in total. The molecule has 0 saturated heterocycles. The van der Waals surface area contributed by atoms with Gasteiger partial charge in [0.25, 0.3) is 5.69 Å². The van der Waals surface area contributed by atoms with Crippen molar-refractivity contribution in [3.05, 3.63) is 46.0 Å². The maximum absolute atomic E-state index is 10.7. The SMILES string of the molecule is CNCc1ncc(-c2ccc([N+](=O)[O-])c(C)c2)o1. The molecule has 6 nitrogen and oxygen atoms in total. The van der Waals surface area contributed by atoms with Gasteiger partial charge in [0, 0.05) is 17.2 Å². The third-order valence-corrected chi connectivity index (χ3v) is 2.56. The van der Waals surface area contributed by atoms with Crippen LogP contribution < -0.4 is 5.32 Å². The molecular formula is C12H13N3O3. The van der Waals surface area contributed by atoms with Gasteiger partial charge in [0.2, 0.25) is 5.89 Å². The van der Waals surface area contributed by atoms with Crippen LogP contribution in [0.3, 0.4) is 0 Å². The number of hydrogen-bond acceptors (Lipinski definition) is 5. The molecular weight excluding hydrogens is 234 g/mol. The first kappa shape index (κ1) is 12.3. The minimum Gasteiger partial charge on any atom is -0.439 e. The number of nitrogens with one attached hydrogen (secondary N) is 1. The Kier molecular flexibility index (Phi) is 3.38. The fraction of sp³-hybridized carbons (Fsp3) is 0.250. The van der Waals surface area contributed by atoms with Gasteiger partial charge in [-0.05, 0) is 26.1 Å². The summed E-state index contributed by atoms with van der Waals surface area (Å²) in [6.07, 6.45) is 1.62. The topological polar surface area (TPSA) is 81.2 Å². The van der Waals surface area contributed by atoms with E-state index in [9.17, 15) is 10.1 Å². The zero-order valence-corrected chi connectivity index (χ0v) is 10.1. The first-order valence-electron chi connectivity index (χ1n) is 5.46. The molecule has 0 fully saturated rings. The summed E-state index contributed by atoms with van der Waals surface area (Å²) >= 11 is 0. The number of benzene rings is 1. The molecule has 1 aromatic heterocycles. The molecule has 0 spiro atoms. The van der Waals surface area contributed by atoms with E-state index >= 15 is 0 Å². The molecule has 6 heteroatoms. The lowest BCUT2D eigenvalue weighted by molar-refractivity contribution is -0.385. The Hall–Kier alpha value is -2.21. The molecule has 2 rings (SSSR count). The van der Waals surface area contributed by atoms with Gasteiger partial charge in [-0.25, -0.2) is 4.98 Å². The van der Waals surface area contributed by atoms with Crippen molar-refractivity contribution in [2.24, 2.45) is 0 Å². The van der Waals surface area contributed by atoms with Crippen LogP contribution in [0.2, 0.25) is 0 Å². The average molecular weight is 247 g/mol. The quantitative estimate of drug-likeness (QED) is 0.662. The predicted octanol–water partition coefficient (Wildman–Crippen LogP) is 2.28. The van der Waals surface area contributed by atoms with E-state index in [1.807, 2.05) is 0 Å². The number of oxazole rings is 1. The fourth-order valence-corrected chi connectivity index (χ4v) is 1.69. The summed E-state index contributed by atoms with van der Waals surface area (Å²) in [6.45, 7) is 2.25. The fourth-order valence-electron chi connectivity index (χ4n) is 1.69. The van der Waals surface area contributed by atoms with Gasteiger partial charge in [0.15, 0.2) is 5.76 Å². The van der Waals surface area contributed by atoms with Crippen LogP contribution in [0.25, 0.3) is 11.3 Å². The zero-order valence-electron chi connectivity index (χ0n) is 10.1. The van der Waals surface area contributed by atoms with Crippen LogP contribution in [0.4, 0.5) is 5.69 Å². The van der Waals surface area contributed by atoms with E-state index in [4.69, 9.17) is 4.42 Å². The normalized spacial score (nSPS) is 10.6. The van der Waals surface area contributed by atoms with Crippen molar-refractivity contribution in [2.75, 3.05) is 7.05 Å². The van der Waals surface area contributed by atoms with Crippen LogP contribution >= 0.6 is 0 Å². The zero-order chi connectivity index (χ0) is 13.1. The summed E-state index contributed by atoms with van der Waals surface area (Å²) in [5.74, 6) is 1.20. The summed E-state index contributed by atoms with van der Waals surface area (Å²) in [5, 5.41) is 13.7. The molecule has 0 radical (unpaired) electrons. The maximum atomic E-state index is 10.7. The van der Waals surface area contributed by atoms with Crippen molar-refractivity contribution in [2.45, 2.75) is 13.5 Å².